The monoisotopic (exact) mass is 661 g/mol. The molecule has 4 N–H and O–H groups in total. The van der Waals surface area contributed by atoms with Crippen molar-refractivity contribution in [3.05, 3.63) is 81.8 Å². The summed E-state index contributed by atoms with van der Waals surface area (Å²) < 4.78 is 22.4. The molecule has 4 aromatic rings. The molecule has 12 nitrogen and oxygen atoms in total. The molecular weight excluding hydrogens is 630 g/mol. The minimum atomic E-state index is -2.04. The number of carbonyl (C=O) groups is 3. The minimum absolute atomic E-state index is 0.00294. The van der Waals surface area contributed by atoms with Crippen molar-refractivity contribution in [1.82, 2.24) is 15.3 Å². The summed E-state index contributed by atoms with van der Waals surface area (Å²) in [5.41, 5.74) is -0.304. The number of methoxy groups -OCH3 is 3. The first-order valence-electron chi connectivity index (χ1n) is 14.8. The first kappa shape index (κ1) is 31.7. The number of fused-ring (bicyclic) bond motifs is 2. The second-order valence-corrected chi connectivity index (χ2v) is 11.8. The van der Waals surface area contributed by atoms with Crippen molar-refractivity contribution in [3.63, 3.8) is 0 Å². The number of aromatic amines is 1. The van der Waals surface area contributed by atoms with Crippen molar-refractivity contribution in [2.75, 3.05) is 21.3 Å². The summed E-state index contributed by atoms with van der Waals surface area (Å²) in [5, 5.41) is 25.2. The fourth-order valence-corrected chi connectivity index (χ4v) is 6.63. The average molecular weight is 662 g/mol. The van der Waals surface area contributed by atoms with Crippen molar-refractivity contribution in [3.8, 4) is 28.7 Å². The second-order valence-electron chi connectivity index (χ2n) is 11.4. The molecule has 0 fully saturated rings. The highest BCUT2D eigenvalue weighted by Gasteiger charge is 2.61. The number of phenols is 1. The minimum Gasteiger partial charge on any atom is -0.507 e. The fraction of sp³-hybridized carbons (Fsp3) is 0.294. The summed E-state index contributed by atoms with van der Waals surface area (Å²) in [6.45, 7) is 1.68. The molecule has 1 aliphatic carbocycles. The molecule has 3 atom stereocenters. The quantitative estimate of drug-likeness (QED) is 0.188. The molecule has 0 bridgehead atoms. The molecule has 1 aliphatic heterocycles. The number of hydrogen-bond donors (Lipinski definition) is 4. The van der Waals surface area contributed by atoms with Gasteiger partial charge < -0.3 is 39.5 Å². The van der Waals surface area contributed by atoms with Gasteiger partial charge >= 0.3 is 0 Å². The first-order chi connectivity index (χ1) is 22.5. The molecule has 0 radical (unpaired) electrons. The van der Waals surface area contributed by atoms with Crippen molar-refractivity contribution in [2.45, 2.75) is 37.8 Å². The van der Waals surface area contributed by atoms with Crippen LogP contribution in [0.5, 0.6) is 28.7 Å². The molecular formula is C34H32ClN3O9. The molecule has 3 unspecified atom stereocenters. The number of aliphatic hydroxyl groups is 1. The molecule has 6 rings (SSSR count). The molecule has 1 spiro atoms. The van der Waals surface area contributed by atoms with Crippen LogP contribution in [0.1, 0.15) is 47.4 Å². The molecule has 1 aromatic heterocycles. The van der Waals surface area contributed by atoms with E-state index in [1.807, 2.05) is 24.3 Å². The SMILES string of the molecule is COc1cc(C(CC(=O)NCc2nc3ccccc3[nH]2)C2=C(O)C3(Oc4c(Cl)c(OC)cc(OC)c4C3=O)C(C)CC2=O)ccc1O. The number of ketones is 2. The number of amides is 1. The van der Waals surface area contributed by atoms with Crippen molar-refractivity contribution >= 4 is 40.1 Å². The van der Waals surface area contributed by atoms with Gasteiger partial charge in [0, 0.05) is 36.3 Å². The van der Waals surface area contributed by atoms with Crippen LogP contribution in [-0.4, -0.2) is 64.6 Å². The predicted octanol–water partition coefficient (Wildman–Crippen LogP) is 5.17. The number of imidazole rings is 1. The number of phenolic OH excluding ortho intramolecular Hbond substituents is 1. The van der Waals surface area contributed by atoms with Crippen LogP contribution in [0.25, 0.3) is 11.0 Å². The molecule has 244 valence electrons. The van der Waals surface area contributed by atoms with Gasteiger partial charge in [-0.3, -0.25) is 14.4 Å². The molecule has 0 saturated carbocycles. The lowest BCUT2D eigenvalue weighted by Gasteiger charge is -2.38. The summed E-state index contributed by atoms with van der Waals surface area (Å²) in [4.78, 5) is 49.3. The number of allylic oxidation sites excluding steroid dienone is 1. The van der Waals surface area contributed by atoms with Crippen molar-refractivity contribution in [2.24, 2.45) is 5.92 Å². The Morgan fingerprint density at radius 2 is 1.81 bits per heavy atom. The molecule has 2 heterocycles. The lowest BCUT2D eigenvalue weighted by molar-refractivity contribution is -0.122. The highest BCUT2D eigenvalue weighted by atomic mass is 35.5. The Morgan fingerprint density at radius 3 is 2.51 bits per heavy atom. The zero-order valence-corrected chi connectivity index (χ0v) is 26.7. The summed E-state index contributed by atoms with van der Waals surface area (Å²) in [7, 11) is 4.13. The van der Waals surface area contributed by atoms with Gasteiger partial charge in [0.1, 0.15) is 27.9 Å². The van der Waals surface area contributed by atoms with E-state index in [1.54, 1.807) is 6.92 Å². The van der Waals surface area contributed by atoms with Crippen LogP contribution in [-0.2, 0) is 16.1 Å². The van der Waals surface area contributed by atoms with Gasteiger partial charge in [-0.15, -0.1) is 0 Å². The third kappa shape index (κ3) is 5.18. The Balaban J connectivity index is 1.43. The number of carbonyl (C=O) groups excluding carboxylic acids is 3. The number of hydrogen-bond acceptors (Lipinski definition) is 10. The van der Waals surface area contributed by atoms with Gasteiger partial charge in [0.05, 0.1) is 38.9 Å². The maximum absolute atomic E-state index is 14.3. The van der Waals surface area contributed by atoms with E-state index in [1.165, 1.54) is 45.6 Å². The summed E-state index contributed by atoms with van der Waals surface area (Å²) in [6.07, 6.45) is -0.509. The molecule has 1 amide bonds. The molecule has 3 aromatic carbocycles. The topological polar surface area (TPSA) is 169 Å². The predicted molar refractivity (Wildman–Crippen MR) is 171 cm³/mol. The number of aromatic nitrogens is 2. The normalized spacial score (nSPS) is 19.5. The van der Waals surface area contributed by atoms with E-state index in [0.717, 1.165) is 11.0 Å². The van der Waals surface area contributed by atoms with Crippen molar-refractivity contribution < 1.29 is 43.5 Å². The number of halogens is 1. The number of nitrogens with one attached hydrogen (secondary N) is 2. The zero-order chi connectivity index (χ0) is 33.6. The van der Waals surface area contributed by atoms with Gasteiger partial charge in [-0.1, -0.05) is 36.7 Å². The Kier molecular flexibility index (Phi) is 8.22. The van der Waals surface area contributed by atoms with E-state index in [2.05, 4.69) is 15.3 Å². The molecule has 13 heteroatoms. The summed E-state index contributed by atoms with van der Waals surface area (Å²) in [5.74, 6) is -3.45. The van der Waals surface area contributed by atoms with Crippen LogP contribution in [0.3, 0.4) is 0 Å². The third-order valence-electron chi connectivity index (χ3n) is 8.75. The van der Waals surface area contributed by atoms with Crippen LogP contribution >= 0.6 is 11.6 Å². The molecule has 0 saturated heterocycles. The van der Waals surface area contributed by atoms with E-state index in [4.69, 9.17) is 30.5 Å². The highest BCUT2D eigenvalue weighted by Crippen LogP contribution is 2.56. The van der Waals surface area contributed by atoms with Crippen molar-refractivity contribution in [1.29, 1.82) is 0 Å². The number of aliphatic hydroxyl groups excluding tert-OH is 1. The highest BCUT2D eigenvalue weighted by molar-refractivity contribution is 6.35. The Morgan fingerprint density at radius 1 is 1.09 bits per heavy atom. The standard InChI is InChI=1S/C34H32ClN3O9/c1-16-11-22(40)28(32(42)34(16)33(43)29-24(45-3)14-25(46-4)30(35)31(29)47-34)18(17-9-10-21(39)23(12-17)44-2)13-27(41)36-15-26-37-19-7-5-6-8-20(19)38-26/h5-10,12,14,16,18,39,42H,11,13,15H2,1-4H3,(H,36,41)(H,37,38). The number of aromatic hydroxyl groups is 1. The van der Waals surface area contributed by atoms with Crippen LogP contribution < -0.4 is 24.3 Å². The van der Waals surface area contributed by atoms with Gasteiger partial charge in [-0.2, -0.15) is 0 Å². The first-order valence-corrected chi connectivity index (χ1v) is 15.1. The smallest absolute Gasteiger partial charge is 0.231 e. The Hall–Kier alpha value is -5.23. The number of Topliss-reactive ketones (excluding diaryl/α,β-unsaturated/α-hetero) is 2. The number of ether oxygens (including phenoxy) is 4. The van der Waals surface area contributed by atoms with E-state index >= 15 is 0 Å². The maximum atomic E-state index is 14.3. The lowest BCUT2D eigenvalue weighted by Crippen LogP contribution is -2.53. The van der Waals surface area contributed by atoms with Gasteiger partial charge in [0.2, 0.25) is 17.3 Å². The average Bonchev–Trinajstić information content (AvgIpc) is 3.62. The lowest BCUT2D eigenvalue weighted by atomic mass is 9.69. The molecule has 47 heavy (non-hydrogen) atoms. The van der Waals surface area contributed by atoms with Crippen LogP contribution in [0, 0.1) is 5.92 Å². The Bertz CT molecular complexity index is 1940. The van der Waals surface area contributed by atoms with Gasteiger partial charge in [0.25, 0.3) is 0 Å². The Labute approximate surface area is 274 Å². The van der Waals surface area contributed by atoms with Gasteiger partial charge in [0.15, 0.2) is 28.8 Å². The summed E-state index contributed by atoms with van der Waals surface area (Å²) >= 11 is 6.58. The van der Waals surface area contributed by atoms with E-state index < -0.39 is 40.7 Å². The number of para-hydroxylation sites is 2. The third-order valence-corrected chi connectivity index (χ3v) is 9.10. The summed E-state index contributed by atoms with van der Waals surface area (Å²) in [6, 6.07) is 13.2. The fourth-order valence-electron chi connectivity index (χ4n) is 6.37. The van der Waals surface area contributed by atoms with E-state index in [0.29, 0.717) is 11.4 Å². The van der Waals surface area contributed by atoms with E-state index in [9.17, 15) is 24.6 Å². The van der Waals surface area contributed by atoms with Gasteiger partial charge in [-0.05, 0) is 29.8 Å². The number of rotatable bonds is 9. The second kappa shape index (κ2) is 12.2. The molecule has 2 aliphatic rings. The van der Waals surface area contributed by atoms with Crippen LogP contribution in [0.15, 0.2) is 59.9 Å². The maximum Gasteiger partial charge on any atom is 0.231 e. The van der Waals surface area contributed by atoms with Crippen LogP contribution in [0.2, 0.25) is 5.02 Å². The van der Waals surface area contributed by atoms with Gasteiger partial charge in [-0.25, -0.2) is 4.98 Å². The largest absolute Gasteiger partial charge is 0.507 e. The number of nitrogens with zero attached hydrogens (tertiary/aromatic N) is 1. The van der Waals surface area contributed by atoms with E-state index in [-0.39, 0.29) is 64.3 Å². The zero-order valence-electron chi connectivity index (χ0n) is 26.0. The number of H-pyrrole nitrogens is 1. The number of benzene rings is 3. The van der Waals surface area contributed by atoms with Crippen LogP contribution in [0.4, 0.5) is 0 Å².